The minimum Gasteiger partial charge on any atom is -0.379 e. The molecule has 12 atom stereocenters. The number of rotatable bonds is 24. The Hall–Kier alpha value is -8.36. The number of nitrogens with zero attached hydrogens (tertiary/aromatic N) is 18. The lowest BCUT2D eigenvalue weighted by Crippen LogP contribution is -2.57. The molecule has 18 aliphatic heterocycles. The minimum atomic E-state index is -4.84. The van der Waals surface area contributed by atoms with E-state index >= 15 is 0 Å². The molecule has 13 N–H and O–H groups in total. The Morgan fingerprint density at radius 3 is 0.727 bits per heavy atom. The molecule has 18 fully saturated rings. The van der Waals surface area contributed by atoms with Crippen LogP contribution in [0.15, 0.2) is 0 Å². The third-order valence-corrected chi connectivity index (χ3v) is 30.0. The summed E-state index contributed by atoms with van der Waals surface area (Å²) < 4.78 is 236. The van der Waals surface area contributed by atoms with Crippen LogP contribution in [0.3, 0.4) is 0 Å². The number of hydrogen-bond acceptors (Lipinski definition) is 41. The van der Waals surface area contributed by atoms with Crippen molar-refractivity contribution >= 4 is 156 Å². The van der Waals surface area contributed by atoms with Gasteiger partial charge in [-0.1, -0.05) is 6.42 Å². The number of nitrogens with one attached hydrogen (secondary N) is 7. The lowest BCUT2D eigenvalue weighted by atomic mass is 10.0. The van der Waals surface area contributed by atoms with Crippen LogP contribution in [0.5, 0.6) is 0 Å². The van der Waals surface area contributed by atoms with E-state index in [1.165, 1.54) is 34.4 Å². The van der Waals surface area contributed by atoms with Crippen LogP contribution in [0.4, 0.5) is 28.8 Å². The van der Waals surface area contributed by atoms with Crippen LogP contribution in [0.25, 0.3) is 0 Å². The maximum atomic E-state index is 12.4. The SMILES string of the molecule is O=C(NN1CCCC1)[C@@H]1CC[C@@H]2CN1C(=O)N2OS(=O)(=O)O.O=C(NN1CCCCC1)[C@@H]1CC[C@@H]2CN1C(=O)N2OS(=O)(=O)O.O=C(NN1CCNCC1)[C@@H]1CC[C@@H]2CN1C(=O)N2OS(=O)(=O)O.O=C(NN1CCOCC1)[C@@H]1CC[C@@H]2CN1C(=O)N2OS(=O)(=O)O.O=C(NN1CCS(=O)(=O)CC1)[C@@H]1CC[C@@H]2CN1C(=O)N2OS(=O)(=O)O.O=C(NN1CCSCC1)[C@@H]1CC[C@@H]2CN1C(=O)N2OS(=O)(=O)O. The predicted molar refractivity (Wildman–Crippen MR) is 461 cm³/mol. The molecule has 786 valence electrons. The van der Waals surface area contributed by atoms with Crippen LogP contribution < -0.4 is 37.9 Å². The van der Waals surface area contributed by atoms with Gasteiger partial charge in [0.25, 0.3) is 35.4 Å². The summed E-state index contributed by atoms with van der Waals surface area (Å²) in [7, 11) is -31.8. The molecule has 0 radical (unpaired) electrons. The molecule has 72 heteroatoms. The number of hydrazine groups is 6. The Labute approximate surface area is 801 Å². The van der Waals surface area contributed by atoms with E-state index in [0.717, 1.165) is 96.0 Å². The van der Waals surface area contributed by atoms with Crippen molar-refractivity contribution in [2.45, 2.75) is 182 Å². The smallest absolute Gasteiger partial charge is 0.379 e. The molecule has 139 heavy (non-hydrogen) atoms. The Balaban J connectivity index is 0.000000141. The van der Waals surface area contributed by atoms with E-state index in [9.17, 15) is 116 Å². The molecule has 18 heterocycles. The Morgan fingerprint density at radius 1 is 0.295 bits per heavy atom. The molecule has 0 aromatic rings. The summed E-state index contributed by atoms with van der Waals surface area (Å²) >= 11 is 1.82. The predicted octanol–water partition coefficient (Wildman–Crippen LogP) is -8.28. The number of carbonyl (C=O) groups is 12. The van der Waals surface area contributed by atoms with Gasteiger partial charge in [0.05, 0.1) is 61.0 Å². The lowest BCUT2D eigenvalue weighted by Gasteiger charge is -2.33. The maximum absolute atomic E-state index is 12.4. The molecule has 0 aromatic carbocycles. The first-order chi connectivity index (χ1) is 65.3. The summed E-state index contributed by atoms with van der Waals surface area (Å²) in [6.07, 6.45) is 9.97. The lowest BCUT2D eigenvalue weighted by molar-refractivity contribution is -0.133. The number of ether oxygens (including phenoxy) is 1. The summed E-state index contributed by atoms with van der Waals surface area (Å²) in [5.41, 5.74) is 16.6. The van der Waals surface area contributed by atoms with Gasteiger partial charge < -0.3 is 39.5 Å². The second kappa shape index (κ2) is 45.3. The van der Waals surface area contributed by atoms with Crippen molar-refractivity contribution in [1.82, 2.24) is 128 Å². The molecule has 18 rings (SSSR count). The number of carbonyl (C=O) groups excluding carboxylic acids is 12. The van der Waals surface area contributed by atoms with Crippen LogP contribution in [0, 0.1) is 0 Å². The summed E-state index contributed by atoms with van der Waals surface area (Å²) in [6, 6.07) is -11.6. The van der Waals surface area contributed by atoms with Crippen LogP contribution >= 0.6 is 11.8 Å². The third kappa shape index (κ3) is 28.8. The number of fused-ring (bicyclic) bond motifs is 12. The number of piperidine rings is 7. The first kappa shape index (κ1) is 108. The molecule has 0 aromatic heterocycles. The number of hydroxylamine groups is 12. The average Bonchev–Trinajstić information content (AvgIpc) is 1.65. The van der Waals surface area contributed by atoms with E-state index in [1.54, 1.807) is 10.0 Å². The van der Waals surface area contributed by atoms with E-state index in [-0.39, 0.29) is 93.4 Å². The highest BCUT2D eigenvalue weighted by atomic mass is 32.3. The Kier molecular flexibility index (Phi) is 35.2. The van der Waals surface area contributed by atoms with Crippen molar-refractivity contribution in [3.05, 3.63) is 0 Å². The first-order valence-electron chi connectivity index (χ1n) is 44.3. The zero-order chi connectivity index (χ0) is 101. The van der Waals surface area contributed by atoms with Gasteiger partial charge in [0.2, 0.25) is 0 Å². The molecule has 12 bridgehead atoms. The zero-order valence-corrected chi connectivity index (χ0v) is 80.8. The summed E-state index contributed by atoms with van der Waals surface area (Å²) in [5.74, 6) is -0.166. The largest absolute Gasteiger partial charge is 0.418 e. The van der Waals surface area contributed by atoms with Gasteiger partial charge in [0, 0.05) is 142 Å². The fourth-order valence-electron chi connectivity index (χ4n) is 18.8. The fraction of sp³-hybridized carbons (Fsp3) is 0.821. The normalized spacial score (nSPS) is 29.2. The molecule has 18 aliphatic rings. The number of thioether (sulfide) groups is 1. The molecule has 18 amide bonds. The van der Waals surface area contributed by atoms with Crippen molar-refractivity contribution in [1.29, 1.82) is 0 Å². The molecule has 0 aliphatic carbocycles. The monoisotopic (exact) mass is 2150 g/mol. The number of sulfone groups is 1. The van der Waals surface area contributed by atoms with Gasteiger partial charge in [-0.2, -0.15) is 92.6 Å². The fourth-order valence-corrected chi connectivity index (χ4v) is 23.2. The van der Waals surface area contributed by atoms with Crippen LogP contribution in [0.1, 0.15) is 109 Å². The van der Waals surface area contributed by atoms with E-state index in [1.807, 2.05) is 26.8 Å². The Morgan fingerprint density at radius 2 is 0.496 bits per heavy atom. The highest BCUT2D eigenvalue weighted by Crippen LogP contribution is 2.38. The third-order valence-electron chi connectivity index (χ3n) is 25.4. The second-order valence-corrected chi connectivity index (χ2v) is 44.3. The van der Waals surface area contributed by atoms with Gasteiger partial charge >= 0.3 is 98.6 Å². The Bertz CT molecular complexity index is 4970. The van der Waals surface area contributed by atoms with Crippen molar-refractivity contribution in [2.24, 2.45) is 0 Å². The van der Waals surface area contributed by atoms with E-state index in [0.29, 0.717) is 147 Å². The minimum absolute atomic E-state index is 0.0569. The van der Waals surface area contributed by atoms with Gasteiger partial charge in [-0.3, -0.25) is 88.6 Å². The van der Waals surface area contributed by atoms with E-state index in [2.05, 4.69) is 63.6 Å². The first-order valence-corrected chi connectivity index (χ1v) is 55.5. The molecular weight excluding hydrogens is 2040 g/mol. The zero-order valence-electron chi connectivity index (χ0n) is 74.3. The topological polar surface area (TPSA) is 772 Å². The van der Waals surface area contributed by atoms with Gasteiger partial charge in [-0.15, -0.1) is 25.7 Å². The van der Waals surface area contributed by atoms with E-state index < -0.39 is 187 Å². The molecule has 0 saturated carbocycles. The summed E-state index contributed by atoms with van der Waals surface area (Å²) in [6.45, 7) is 11.1. The van der Waals surface area contributed by atoms with Gasteiger partial charge in [0.1, 0.15) is 36.3 Å². The number of morpholine rings is 1. The van der Waals surface area contributed by atoms with Crippen LogP contribution in [-0.4, -0.2) is 487 Å². The highest BCUT2D eigenvalue weighted by molar-refractivity contribution is 7.99. The van der Waals surface area contributed by atoms with Gasteiger partial charge in [-0.05, 0) is 103 Å². The van der Waals surface area contributed by atoms with Crippen LogP contribution in [0.2, 0.25) is 0 Å². The van der Waals surface area contributed by atoms with E-state index in [4.69, 9.17) is 32.1 Å². The molecule has 64 nitrogen and oxygen atoms in total. The number of urea groups is 6. The molecule has 0 spiro atoms. The van der Waals surface area contributed by atoms with Gasteiger partial charge in [0.15, 0.2) is 9.84 Å². The average molecular weight is 2150 g/mol. The molecule has 0 unspecified atom stereocenters. The quantitative estimate of drug-likeness (QED) is 0.0399. The number of amides is 18. The van der Waals surface area contributed by atoms with Crippen molar-refractivity contribution in [3.8, 4) is 0 Å². The summed E-state index contributed by atoms with van der Waals surface area (Å²) in [4.78, 5) is 155. The standard InChI is InChI=1S/C12H20N4O6S.C11H19N5O6S.C11H18N4O8S2.C11H18N4O7S.C11H18N4O6S2.C11H18N4O6S/c17-11(13-14-6-2-1-3-7-14)10-5-4-9-8-15(10)12(18)16(9)22-23(19,20)21;17-10(13-14-5-3-12-4-6-14)9-2-1-8-7-15(9)11(18)16(8)22-23(19,20)21;16-10(12-13-3-5-24(18,19)6-4-13)9-2-1-8-7-14(9)11(17)15(8)23-25(20,21)22;16-10(12-13-3-5-21-6-4-13)9-2-1-8-7-14(9)11(17)15(8)22-23(18,19)20;16-10(12-13-3-5-22-6-4-13)9-2-1-8-7-14(9)11(17)15(8)21-23(18,19)20;16-10(12-13-5-1-2-6-13)9-4-3-8-7-14(9)11(17)15(8)21-22(18,19)20/h9-10H,1-8H2,(H,13,17)(H,19,20,21);8-9,12H,1-7H2,(H,13,17)(H,19,20,21);8-9H,1-7H2,(H,12,16)(H,20,21,22);2*8-9H,1-7H2,(H,12,16)(H,18,19,20);8-9H,1-7H2,(H,12,16)(H,18,19,20)/t9-,10+;5*8-,9+/m111111/s1. The summed E-state index contributed by atoms with van der Waals surface area (Å²) in [5, 5.41) is 17.4. The number of hydrogen-bond donors (Lipinski definition) is 13. The van der Waals surface area contributed by atoms with Crippen molar-refractivity contribution < 1.29 is 174 Å². The van der Waals surface area contributed by atoms with Crippen molar-refractivity contribution in [3.63, 3.8) is 0 Å². The molecule has 18 saturated heterocycles. The van der Waals surface area contributed by atoms with Gasteiger partial charge in [-0.25, -0.2) is 67.2 Å². The highest BCUT2D eigenvalue weighted by Gasteiger charge is 2.57. The van der Waals surface area contributed by atoms with Crippen molar-refractivity contribution in [2.75, 3.05) is 167 Å². The maximum Gasteiger partial charge on any atom is 0.418 e. The molecular formula is C67H111N25O39S8. The second-order valence-electron chi connectivity index (χ2n) is 34.7. The van der Waals surface area contributed by atoms with Crippen LogP contribution in [-0.2, 0) is 131 Å². The number of piperazine rings is 1.